The monoisotopic (exact) mass is 340 g/mol. The van der Waals surface area contributed by atoms with Crippen molar-refractivity contribution < 1.29 is 14.3 Å². The zero-order valence-electron chi connectivity index (χ0n) is 13.3. The largest absolute Gasteiger partial charge is 0.497 e. The minimum absolute atomic E-state index is 0.168. The van der Waals surface area contributed by atoms with E-state index < -0.39 is 0 Å². The Balaban J connectivity index is 1.82. The molecular formula is C18H16N2O3S. The summed E-state index contributed by atoms with van der Waals surface area (Å²) in [6.45, 7) is 0. The Kier molecular flexibility index (Phi) is 4.86. The minimum Gasteiger partial charge on any atom is -0.497 e. The highest BCUT2D eigenvalue weighted by atomic mass is 32.2. The zero-order valence-corrected chi connectivity index (χ0v) is 14.1. The lowest BCUT2D eigenvalue weighted by Crippen LogP contribution is -2.19. The molecule has 122 valence electrons. The number of rotatable bonds is 4. The van der Waals surface area contributed by atoms with Crippen LogP contribution >= 0.6 is 11.8 Å². The Morgan fingerprint density at radius 1 is 1.04 bits per heavy atom. The summed E-state index contributed by atoms with van der Waals surface area (Å²) in [5, 5.41) is 3.32. The molecule has 0 spiro atoms. The highest BCUT2D eigenvalue weighted by Crippen LogP contribution is 2.30. The van der Waals surface area contributed by atoms with Crippen LogP contribution in [0, 0.1) is 0 Å². The van der Waals surface area contributed by atoms with Crippen LogP contribution < -0.4 is 14.8 Å². The van der Waals surface area contributed by atoms with Crippen LogP contribution in [-0.2, 0) is 4.79 Å². The van der Waals surface area contributed by atoms with Crippen molar-refractivity contribution in [2.45, 2.75) is 0 Å². The Labute approximate surface area is 144 Å². The standard InChI is InChI=1S/C18H16N2O3S/c1-22-14-9-7-13(8-10-14)19-18-20-17(21)16(24-18)11-12-5-3-4-6-15(12)23-2/h3-11H,1-2H3,(H,19,20,21)/b16-11-. The summed E-state index contributed by atoms with van der Waals surface area (Å²) in [6, 6.07) is 14.9. The summed E-state index contributed by atoms with van der Waals surface area (Å²) in [5.41, 5.74) is 1.60. The average molecular weight is 340 g/mol. The second-order valence-electron chi connectivity index (χ2n) is 4.92. The van der Waals surface area contributed by atoms with Crippen molar-refractivity contribution in [3.05, 3.63) is 59.0 Å². The third kappa shape index (κ3) is 3.60. The number of amides is 1. The number of aliphatic imine (C=N–C) groups is 1. The molecule has 1 heterocycles. The Morgan fingerprint density at radius 3 is 2.50 bits per heavy atom. The maximum atomic E-state index is 12.1. The fourth-order valence-electron chi connectivity index (χ4n) is 2.18. The van der Waals surface area contributed by atoms with E-state index >= 15 is 0 Å². The van der Waals surface area contributed by atoms with E-state index in [2.05, 4.69) is 10.3 Å². The second-order valence-corrected chi connectivity index (χ2v) is 5.95. The lowest BCUT2D eigenvalue weighted by molar-refractivity contribution is -0.115. The molecule has 24 heavy (non-hydrogen) atoms. The first-order valence-electron chi connectivity index (χ1n) is 7.26. The van der Waals surface area contributed by atoms with E-state index in [4.69, 9.17) is 9.47 Å². The van der Waals surface area contributed by atoms with Gasteiger partial charge in [0, 0.05) is 5.56 Å². The summed E-state index contributed by atoms with van der Waals surface area (Å²) < 4.78 is 10.4. The molecule has 0 aliphatic carbocycles. The quantitative estimate of drug-likeness (QED) is 0.864. The van der Waals surface area contributed by atoms with Gasteiger partial charge in [-0.2, -0.15) is 0 Å². The predicted molar refractivity (Wildman–Crippen MR) is 96.8 cm³/mol. The molecule has 0 bridgehead atoms. The smallest absolute Gasteiger partial charge is 0.264 e. The van der Waals surface area contributed by atoms with E-state index in [0.29, 0.717) is 10.1 Å². The third-order valence-corrected chi connectivity index (χ3v) is 4.29. The van der Waals surface area contributed by atoms with E-state index in [1.165, 1.54) is 11.8 Å². The number of carbonyl (C=O) groups excluding carboxylic acids is 1. The first kappa shape index (κ1) is 16.1. The Hall–Kier alpha value is -2.73. The Bertz CT molecular complexity index is 813. The van der Waals surface area contributed by atoms with Crippen LogP contribution in [0.3, 0.4) is 0 Å². The van der Waals surface area contributed by atoms with Crippen LogP contribution in [0.15, 0.2) is 58.4 Å². The number of thioether (sulfide) groups is 1. The maximum Gasteiger partial charge on any atom is 0.264 e. The first-order chi connectivity index (χ1) is 11.7. The predicted octanol–water partition coefficient (Wildman–Crippen LogP) is 3.60. The van der Waals surface area contributed by atoms with Crippen molar-refractivity contribution in [2.24, 2.45) is 4.99 Å². The van der Waals surface area contributed by atoms with Crippen LogP contribution in [0.1, 0.15) is 5.56 Å². The molecule has 5 nitrogen and oxygen atoms in total. The van der Waals surface area contributed by atoms with Gasteiger partial charge in [0.2, 0.25) is 0 Å². The van der Waals surface area contributed by atoms with Gasteiger partial charge >= 0.3 is 0 Å². The van der Waals surface area contributed by atoms with E-state index in [0.717, 1.165) is 22.7 Å². The molecule has 2 aromatic carbocycles. The highest BCUT2D eigenvalue weighted by Gasteiger charge is 2.24. The number of carbonyl (C=O) groups is 1. The molecule has 0 unspecified atom stereocenters. The van der Waals surface area contributed by atoms with Crippen LogP contribution in [0.4, 0.5) is 5.69 Å². The van der Waals surface area contributed by atoms with E-state index in [9.17, 15) is 4.79 Å². The van der Waals surface area contributed by atoms with Crippen LogP contribution in [-0.4, -0.2) is 25.3 Å². The van der Waals surface area contributed by atoms with Crippen molar-refractivity contribution >= 4 is 34.6 Å². The number of methoxy groups -OCH3 is 2. The molecule has 3 rings (SSSR count). The van der Waals surface area contributed by atoms with Crippen molar-refractivity contribution in [1.29, 1.82) is 0 Å². The van der Waals surface area contributed by atoms with Crippen molar-refractivity contribution in [3.63, 3.8) is 0 Å². The van der Waals surface area contributed by atoms with Gasteiger partial charge in [-0.05, 0) is 48.2 Å². The van der Waals surface area contributed by atoms with Gasteiger partial charge in [0.1, 0.15) is 11.5 Å². The molecule has 6 heteroatoms. The van der Waals surface area contributed by atoms with Gasteiger partial charge < -0.3 is 14.8 Å². The molecule has 1 amide bonds. The Morgan fingerprint density at radius 2 is 1.79 bits per heavy atom. The molecule has 1 fully saturated rings. The van der Waals surface area contributed by atoms with Gasteiger partial charge in [0.25, 0.3) is 5.91 Å². The first-order valence-corrected chi connectivity index (χ1v) is 8.08. The van der Waals surface area contributed by atoms with Gasteiger partial charge in [0.05, 0.1) is 24.8 Å². The summed E-state index contributed by atoms with van der Waals surface area (Å²) >= 11 is 1.30. The molecule has 1 aliphatic rings. The lowest BCUT2D eigenvalue weighted by atomic mass is 10.2. The number of hydrogen-bond acceptors (Lipinski definition) is 5. The SMILES string of the molecule is COc1ccc(N=C2NC(=O)/C(=C/c3ccccc3OC)S2)cc1. The summed E-state index contributed by atoms with van der Waals surface area (Å²) in [6.07, 6.45) is 1.80. The second kappa shape index (κ2) is 7.23. The van der Waals surface area contributed by atoms with Gasteiger partial charge in [-0.15, -0.1) is 0 Å². The molecular weight excluding hydrogens is 324 g/mol. The molecule has 0 radical (unpaired) electrons. The van der Waals surface area contributed by atoms with Crippen molar-refractivity contribution in [1.82, 2.24) is 5.32 Å². The lowest BCUT2D eigenvalue weighted by Gasteiger charge is -2.03. The average Bonchev–Trinajstić information content (AvgIpc) is 2.95. The fraction of sp³-hybridized carbons (Fsp3) is 0.111. The number of nitrogens with zero attached hydrogens (tertiary/aromatic N) is 1. The number of para-hydroxylation sites is 1. The van der Waals surface area contributed by atoms with Gasteiger partial charge in [-0.25, -0.2) is 4.99 Å². The van der Waals surface area contributed by atoms with Crippen LogP contribution in [0.2, 0.25) is 0 Å². The number of nitrogens with one attached hydrogen (secondary N) is 1. The molecule has 0 saturated carbocycles. The van der Waals surface area contributed by atoms with E-state index in [1.54, 1.807) is 20.3 Å². The van der Waals surface area contributed by atoms with Gasteiger partial charge in [-0.3, -0.25) is 4.79 Å². The summed E-state index contributed by atoms with van der Waals surface area (Å²) in [4.78, 5) is 17.2. The number of ether oxygens (including phenoxy) is 2. The van der Waals surface area contributed by atoms with E-state index in [1.807, 2.05) is 48.5 Å². The van der Waals surface area contributed by atoms with Gasteiger partial charge in [-0.1, -0.05) is 18.2 Å². The molecule has 0 atom stereocenters. The van der Waals surface area contributed by atoms with Crippen molar-refractivity contribution in [3.8, 4) is 11.5 Å². The van der Waals surface area contributed by atoms with Crippen LogP contribution in [0.5, 0.6) is 11.5 Å². The molecule has 1 saturated heterocycles. The van der Waals surface area contributed by atoms with E-state index in [-0.39, 0.29) is 5.91 Å². The van der Waals surface area contributed by atoms with Gasteiger partial charge in [0.15, 0.2) is 5.17 Å². The zero-order chi connectivity index (χ0) is 16.9. The normalized spacial score (nSPS) is 17.2. The fourth-order valence-corrected chi connectivity index (χ4v) is 3.01. The molecule has 1 aliphatic heterocycles. The third-order valence-electron chi connectivity index (χ3n) is 3.38. The van der Waals surface area contributed by atoms with Crippen molar-refractivity contribution in [2.75, 3.05) is 14.2 Å². The number of amidine groups is 1. The number of hydrogen-bond donors (Lipinski definition) is 1. The molecule has 1 N–H and O–H groups in total. The molecule has 2 aromatic rings. The topological polar surface area (TPSA) is 59.9 Å². The summed E-state index contributed by atoms with van der Waals surface area (Å²) in [5.74, 6) is 1.32. The number of benzene rings is 2. The highest BCUT2D eigenvalue weighted by molar-refractivity contribution is 8.18. The molecule has 0 aromatic heterocycles. The maximum absolute atomic E-state index is 12.1. The summed E-state index contributed by atoms with van der Waals surface area (Å²) in [7, 11) is 3.22. The minimum atomic E-state index is -0.168. The van der Waals surface area contributed by atoms with Crippen LogP contribution in [0.25, 0.3) is 6.08 Å².